The third-order valence-electron chi connectivity index (χ3n) is 4.53. The van der Waals surface area contributed by atoms with E-state index in [1.165, 1.54) is 4.90 Å². The standard InChI is InChI=1S/C21H24ClN3O2S/c1-14-9-10-25(18-12-16(22)7-8-19(18)28-14)13-20(26)23-17-6-4-5-15(11-17)21(27)24(2)3/h4-8,11-12,14H,9-10,13H2,1-3H3,(H,23,26)/t14-/m0/s1. The predicted octanol–water partition coefficient (Wildman–Crippen LogP) is 4.37. The van der Waals surface area contributed by atoms with Gasteiger partial charge in [0.25, 0.3) is 5.91 Å². The van der Waals surface area contributed by atoms with Gasteiger partial charge in [-0.05, 0) is 42.8 Å². The molecule has 2 aromatic rings. The molecule has 0 aliphatic carbocycles. The van der Waals surface area contributed by atoms with E-state index in [9.17, 15) is 9.59 Å². The number of nitrogens with one attached hydrogen (secondary N) is 1. The molecule has 5 nitrogen and oxygen atoms in total. The first-order chi connectivity index (χ1) is 13.3. The molecule has 3 rings (SSSR count). The van der Waals surface area contributed by atoms with Crippen molar-refractivity contribution < 1.29 is 9.59 Å². The second kappa shape index (κ2) is 8.88. The molecule has 0 saturated carbocycles. The number of benzene rings is 2. The number of hydrogen-bond donors (Lipinski definition) is 1. The van der Waals surface area contributed by atoms with Gasteiger partial charge in [-0.2, -0.15) is 0 Å². The number of amides is 2. The summed E-state index contributed by atoms with van der Waals surface area (Å²) in [5.41, 5.74) is 2.15. The molecule has 1 aliphatic heterocycles. The molecule has 1 heterocycles. The van der Waals surface area contributed by atoms with Gasteiger partial charge in [0, 0.05) is 47.1 Å². The summed E-state index contributed by atoms with van der Waals surface area (Å²) in [6, 6.07) is 12.8. The molecule has 0 radical (unpaired) electrons. The summed E-state index contributed by atoms with van der Waals surface area (Å²) < 4.78 is 0. The van der Waals surface area contributed by atoms with Crippen LogP contribution in [0.2, 0.25) is 5.02 Å². The third kappa shape index (κ3) is 5.00. The summed E-state index contributed by atoms with van der Waals surface area (Å²) in [6.45, 7) is 3.21. The molecule has 1 N–H and O–H groups in total. The normalized spacial score (nSPS) is 16.1. The first kappa shape index (κ1) is 20.6. The average molecular weight is 418 g/mol. The number of carbonyl (C=O) groups excluding carboxylic acids is 2. The van der Waals surface area contributed by atoms with E-state index in [0.29, 0.717) is 21.5 Å². The molecular weight excluding hydrogens is 394 g/mol. The molecule has 0 spiro atoms. The van der Waals surface area contributed by atoms with Crippen molar-refractivity contribution in [1.29, 1.82) is 0 Å². The Bertz CT molecular complexity index is 888. The smallest absolute Gasteiger partial charge is 0.253 e. The Morgan fingerprint density at radius 3 is 2.79 bits per heavy atom. The second-order valence-corrected chi connectivity index (χ2v) is 9.00. The van der Waals surface area contributed by atoms with Crippen molar-refractivity contribution in [2.24, 2.45) is 0 Å². The highest BCUT2D eigenvalue weighted by Crippen LogP contribution is 2.38. The largest absolute Gasteiger partial charge is 0.361 e. The Morgan fingerprint density at radius 2 is 2.04 bits per heavy atom. The zero-order chi connectivity index (χ0) is 20.3. The number of rotatable bonds is 4. The maximum atomic E-state index is 12.7. The molecular formula is C21H24ClN3O2S. The van der Waals surface area contributed by atoms with Crippen LogP contribution in [0.5, 0.6) is 0 Å². The molecule has 2 aromatic carbocycles. The van der Waals surface area contributed by atoms with Crippen LogP contribution < -0.4 is 10.2 Å². The molecule has 0 aromatic heterocycles. The predicted molar refractivity (Wildman–Crippen MR) is 117 cm³/mol. The number of carbonyl (C=O) groups is 2. The number of fused-ring (bicyclic) bond motifs is 1. The number of thioether (sulfide) groups is 1. The van der Waals surface area contributed by atoms with E-state index < -0.39 is 0 Å². The monoisotopic (exact) mass is 417 g/mol. The van der Waals surface area contributed by atoms with E-state index in [1.54, 1.807) is 38.4 Å². The quantitative estimate of drug-likeness (QED) is 0.802. The zero-order valence-corrected chi connectivity index (χ0v) is 17.8. The Hall–Kier alpha value is -2.18. The van der Waals surface area contributed by atoms with Crippen molar-refractivity contribution in [3.05, 3.63) is 53.1 Å². The van der Waals surface area contributed by atoms with Gasteiger partial charge >= 0.3 is 0 Å². The van der Waals surface area contributed by atoms with E-state index in [1.807, 2.05) is 30.0 Å². The van der Waals surface area contributed by atoms with Gasteiger partial charge in [-0.15, -0.1) is 11.8 Å². The fraction of sp³-hybridized carbons (Fsp3) is 0.333. The van der Waals surface area contributed by atoms with Crippen LogP contribution in [0.25, 0.3) is 0 Å². The van der Waals surface area contributed by atoms with E-state index in [-0.39, 0.29) is 18.4 Å². The van der Waals surface area contributed by atoms with E-state index >= 15 is 0 Å². The van der Waals surface area contributed by atoms with Gasteiger partial charge in [0.05, 0.1) is 12.2 Å². The lowest BCUT2D eigenvalue weighted by Crippen LogP contribution is -2.34. The van der Waals surface area contributed by atoms with Gasteiger partial charge in [0.15, 0.2) is 0 Å². The van der Waals surface area contributed by atoms with Crippen molar-refractivity contribution in [1.82, 2.24) is 4.90 Å². The molecule has 0 fully saturated rings. The van der Waals surface area contributed by atoms with Crippen molar-refractivity contribution in [3.63, 3.8) is 0 Å². The average Bonchev–Trinajstić information content (AvgIpc) is 2.80. The van der Waals surface area contributed by atoms with Crippen LogP contribution in [-0.2, 0) is 4.79 Å². The van der Waals surface area contributed by atoms with Crippen molar-refractivity contribution in [2.75, 3.05) is 37.4 Å². The van der Waals surface area contributed by atoms with Crippen molar-refractivity contribution in [3.8, 4) is 0 Å². The van der Waals surface area contributed by atoms with Crippen LogP contribution in [-0.4, -0.2) is 49.1 Å². The molecule has 7 heteroatoms. The van der Waals surface area contributed by atoms with Gasteiger partial charge in [-0.1, -0.05) is 24.6 Å². The van der Waals surface area contributed by atoms with Gasteiger partial charge in [0.1, 0.15) is 0 Å². The molecule has 148 valence electrons. The van der Waals surface area contributed by atoms with Gasteiger partial charge in [0.2, 0.25) is 5.91 Å². The van der Waals surface area contributed by atoms with Crippen LogP contribution in [0.4, 0.5) is 11.4 Å². The number of nitrogens with zero attached hydrogens (tertiary/aromatic N) is 2. The molecule has 1 aliphatic rings. The fourth-order valence-corrected chi connectivity index (χ4v) is 4.38. The summed E-state index contributed by atoms with van der Waals surface area (Å²) in [4.78, 5) is 29.5. The molecule has 2 amide bonds. The fourth-order valence-electron chi connectivity index (χ4n) is 3.10. The Labute approximate surface area is 175 Å². The van der Waals surface area contributed by atoms with E-state index in [2.05, 4.69) is 17.1 Å². The Morgan fingerprint density at radius 1 is 1.25 bits per heavy atom. The maximum Gasteiger partial charge on any atom is 0.253 e. The minimum absolute atomic E-state index is 0.0989. The minimum Gasteiger partial charge on any atom is -0.361 e. The van der Waals surface area contributed by atoms with Crippen LogP contribution in [0.15, 0.2) is 47.4 Å². The summed E-state index contributed by atoms with van der Waals surface area (Å²) in [6.07, 6.45) is 0.983. The van der Waals surface area contributed by atoms with Gasteiger partial charge in [-0.3, -0.25) is 9.59 Å². The van der Waals surface area contributed by atoms with Gasteiger partial charge in [-0.25, -0.2) is 0 Å². The number of anilines is 2. The molecule has 0 unspecified atom stereocenters. The summed E-state index contributed by atoms with van der Waals surface area (Å²) >= 11 is 8.01. The van der Waals surface area contributed by atoms with E-state index in [0.717, 1.165) is 23.5 Å². The number of halogens is 1. The Kier molecular flexibility index (Phi) is 6.52. The van der Waals surface area contributed by atoms with Crippen LogP contribution in [0, 0.1) is 0 Å². The summed E-state index contributed by atoms with van der Waals surface area (Å²) in [7, 11) is 3.41. The summed E-state index contributed by atoms with van der Waals surface area (Å²) in [5.74, 6) is -0.224. The topological polar surface area (TPSA) is 52.7 Å². The minimum atomic E-state index is -0.125. The number of hydrogen-bond acceptors (Lipinski definition) is 4. The van der Waals surface area contributed by atoms with Crippen LogP contribution >= 0.6 is 23.4 Å². The highest BCUT2D eigenvalue weighted by Gasteiger charge is 2.22. The van der Waals surface area contributed by atoms with Crippen molar-refractivity contribution >= 4 is 46.6 Å². The lowest BCUT2D eigenvalue weighted by atomic mass is 10.2. The van der Waals surface area contributed by atoms with Crippen LogP contribution in [0.3, 0.4) is 0 Å². The summed E-state index contributed by atoms with van der Waals surface area (Å²) in [5, 5.41) is 4.04. The second-order valence-electron chi connectivity index (χ2n) is 7.08. The molecule has 0 bridgehead atoms. The maximum absolute atomic E-state index is 12.7. The zero-order valence-electron chi connectivity index (χ0n) is 16.2. The first-order valence-electron chi connectivity index (χ1n) is 9.16. The van der Waals surface area contributed by atoms with Crippen LogP contribution in [0.1, 0.15) is 23.7 Å². The Balaban J connectivity index is 1.74. The molecule has 28 heavy (non-hydrogen) atoms. The highest BCUT2D eigenvalue weighted by molar-refractivity contribution is 8.00. The highest BCUT2D eigenvalue weighted by atomic mass is 35.5. The van der Waals surface area contributed by atoms with Gasteiger partial charge < -0.3 is 15.1 Å². The SMILES string of the molecule is C[C@H]1CCN(CC(=O)Nc2cccc(C(=O)N(C)C)c2)c2cc(Cl)ccc2S1. The lowest BCUT2D eigenvalue weighted by molar-refractivity contribution is -0.115. The van der Waals surface area contributed by atoms with E-state index in [4.69, 9.17) is 11.6 Å². The first-order valence-corrected chi connectivity index (χ1v) is 10.4. The molecule has 1 atom stereocenters. The molecule has 0 saturated heterocycles. The third-order valence-corrected chi connectivity index (χ3v) is 6.00. The lowest BCUT2D eigenvalue weighted by Gasteiger charge is -2.24. The van der Waals surface area contributed by atoms with Crippen molar-refractivity contribution in [2.45, 2.75) is 23.5 Å².